The molecule has 430 valence electrons. The molecule has 0 fully saturated rings. The van der Waals surface area contributed by atoms with Crippen molar-refractivity contribution in [1.29, 1.82) is 0 Å². The first-order valence-electron chi connectivity index (χ1n) is 31.7. The fourth-order valence-electron chi connectivity index (χ4n) is 8.83. The maximum absolute atomic E-state index is 12.8. The number of ether oxygens (including phenoxy) is 3. The van der Waals surface area contributed by atoms with E-state index in [9.17, 15) is 14.4 Å². The molecule has 0 aliphatic carbocycles. The summed E-state index contributed by atoms with van der Waals surface area (Å²) < 4.78 is 16.8. The van der Waals surface area contributed by atoms with Crippen LogP contribution >= 0.6 is 0 Å². The summed E-state index contributed by atoms with van der Waals surface area (Å²) in [6, 6.07) is 0. The minimum absolute atomic E-state index is 0.0812. The zero-order valence-electron chi connectivity index (χ0n) is 49.3. The number of carbonyl (C=O) groups is 3. The van der Waals surface area contributed by atoms with E-state index < -0.39 is 6.10 Å². The molecule has 0 saturated carbocycles. The summed E-state index contributed by atoms with van der Waals surface area (Å²) in [5.74, 6) is -0.894. The standard InChI is InChI=1S/C69H118O6/c1-4-7-10-13-16-18-20-22-24-26-28-30-31-32-33-34-35-36-37-39-40-42-44-46-48-50-53-56-59-62-68(71)74-65-66(64-73-67(70)61-58-55-52-15-12-9-6-3)75-69(72)63-60-57-54-51-49-47-45-43-41-38-29-27-25-23-21-19-17-14-11-8-5-2/h7,10,16,18,21-24,27-30,32-33,41,43,66H,4-6,8-9,11-15,17,19-20,25-26,31,34-40,42,44-65H2,1-3H3/b10-7-,18-16-,23-21-,24-22-,29-27-,30-28-,33-32-,43-41-. The lowest BCUT2D eigenvalue weighted by molar-refractivity contribution is -0.167. The van der Waals surface area contributed by atoms with E-state index >= 15 is 0 Å². The summed E-state index contributed by atoms with van der Waals surface area (Å²) in [6.45, 7) is 6.48. The quantitative estimate of drug-likeness (QED) is 0.0261. The van der Waals surface area contributed by atoms with Crippen molar-refractivity contribution >= 4 is 17.9 Å². The Morgan fingerprint density at radius 1 is 0.280 bits per heavy atom. The molecule has 6 heteroatoms. The third-order valence-corrected chi connectivity index (χ3v) is 13.6. The Bertz CT molecular complexity index is 1480. The van der Waals surface area contributed by atoms with Crippen LogP contribution < -0.4 is 0 Å². The van der Waals surface area contributed by atoms with Crippen LogP contribution in [0.5, 0.6) is 0 Å². The molecule has 0 aromatic carbocycles. The molecule has 0 spiro atoms. The van der Waals surface area contributed by atoms with Gasteiger partial charge in [0.2, 0.25) is 0 Å². The highest BCUT2D eigenvalue weighted by Gasteiger charge is 2.19. The normalized spacial score (nSPS) is 12.7. The zero-order valence-corrected chi connectivity index (χ0v) is 49.3. The third kappa shape index (κ3) is 61.1. The first-order valence-corrected chi connectivity index (χ1v) is 31.7. The van der Waals surface area contributed by atoms with Crippen molar-refractivity contribution in [3.05, 3.63) is 97.2 Å². The Hall–Kier alpha value is -3.67. The molecule has 0 saturated heterocycles. The average molecular weight is 1040 g/mol. The van der Waals surface area contributed by atoms with Gasteiger partial charge in [0.15, 0.2) is 6.10 Å². The van der Waals surface area contributed by atoms with Crippen LogP contribution in [-0.4, -0.2) is 37.2 Å². The van der Waals surface area contributed by atoms with Gasteiger partial charge in [-0.15, -0.1) is 0 Å². The fourth-order valence-corrected chi connectivity index (χ4v) is 8.83. The maximum Gasteiger partial charge on any atom is 0.306 e. The maximum atomic E-state index is 12.8. The molecule has 6 nitrogen and oxygen atoms in total. The van der Waals surface area contributed by atoms with Crippen molar-refractivity contribution in [3.8, 4) is 0 Å². The van der Waals surface area contributed by atoms with Crippen LogP contribution in [0.15, 0.2) is 97.2 Å². The Morgan fingerprint density at radius 2 is 0.520 bits per heavy atom. The molecule has 0 aliphatic rings. The van der Waals surface area contributed by atoms with Crippen molar-refractivity contribution < 1.29 is 28.6 Å². The summed E-state index contributed by atoms with van der Waals surface area (Å²) in [6.07, 6.45) is 84.4. The van der Waals surface area contributed by atoms with E-state index in [4.69, 9.17) is 14.2 Å². The van der Waals surface area contributed by atoms with Crippen molar-refractivity contribution in [2.75, 3.05) is 13.2 Å². The first-order chi connectivity index (χ1) is 37.0. The number of hydrogen-bond donors (Lipinski definition) is 0. The topological polar surface area (TPSA) is 78.9 Å². The molecule has 0 aromatic heterocycles. The lowest BCUT2D eigenvalue weighted by Gasteiger charge is -2.18. The Kier molecular flexibility index (Phi) is 59.8. The Balaban J connectivity index is 4.14. The van der Waals surface area contributed by atoms with E-state index in [1.165, 1.54) is 148 Å². The molecule has 0 aromatic rings. The molecule has 0 N–H and O–H groups in total. The van der Waals surface area contributed by atoms with Crippen molar-refractivity contribution in [2.24, 2.45) is 0 Å². The third-order valence-electron chi connectivity index (χ3n) is 13.6. The van der Waals surface area contributed by atoms with Gasteiger partial charge >= 0.3 is 17.9 Å². The van der Waals surface area contributed by atoms with Crippen LogP contribution in [0.25, 0.3) is 0 Å². The molecule has 0 heterocycles. The van der Waals surface area contributed by atoms with Gasteiger partial charge < -0.3 is 14.2 Å². The fraction of sp³-hybridized carbons (Fsp3) is 0.725. The van der Waals surface area contributed by atoms with Gasteiger partial charge in [0.1, 0.15) is 13.2 Å². The zero-order chi connectivity index (χ0) is 54.3. The molecule has 1 unspecified atom stereocenters. The van der Waals surface area contributed by atoms with Gasteiger partial charge in [0.25, 0.3) is 0 Å². The van der Waals surface area contributed by atoms with Gasteiger partial charge in [0.05, 0.1) is 0 Å². The number of carbonyl (C=O) groups excluding carboxylic acids is 3. The Labute approximate surface area is 464 Å². The second kappa shape index (κ2) is 62.9. The second-order valence-corrected chi connectivity index (χ2v) is 20.9. The minimum atomic E-state index is -0.782. The first kappa shape index (κ1) is 71.3. The number of hydrogen-bond acceptors (Lipinski definition) is 6. The van der Waals surface area contributed by atoms with Crippen molar-refractivity contribution in [1.82, 2.24) is 0 Å². The highest BCUT2D eigenvalue weighted by Crippen LogP contribution is 2.16. The average Bonchev–Trinajstić information content (AvgIpc) is 3.41. The predicted octanol–water partition coefficient (Wildman–Crippen LogP) is 21.7. The predicted molar refractivity (Wildman–Crippen MR) is 325 cm³/mol. The summed E-state index contributed by atoms with van der Waals surface area (Å²) in [5.41, 5.74) is 0. The van der Waals surface area contributed by atoms with E-state index in [-0.39, 0.29) is 31.1 Å². The van der Waals surface area contributed by atoms with E-state index in [1.807, 2.05) is 0 Å². The second-order valence-electron chi connectivity index (χ2n) is 20.9. The molecular weight excluding hydrogens is 925 g/mol. The van der Waals surface area contributed by atoms with Crippen LogP contribution in [0.4, 0.5) is 0 Å². The highest BCUT2D eigenvalue weighted by molar-refractivity contribution is 5.71. The van der Waals surface area contributed by atoms with Gasteiger partial charge in [0, 0.05) is 19.3 Å². The number of allylic oxidation sites excluding steroid dienone is 16. The number of unbranched alkanes of at least 4 members (excludes halogenated alkanes) is 30. The molecule has 0 radical (unpaired) electrons. The number of rotatable bonds is 57. The monoisotopic (exact) mass is 1040 g/mol. The SMILES string of the molecule is CC/C=C\C/C=C\C/C=C\C/C=C\C/C=C\CCCCCCCCCCCCCCCC(=O)OCC(COC(=O)CCCCCCCCC)OC(=O)CCCCCCCC/C=C\C/C=C\C/C=C\CCCCCCC. The minimum Gasteiger partial charge on any atom is -0.462 e. The van der Waals surface area contributed by atoms with Gasteiger partial charge in [-0.1, -0.05) is 279 Å². The van der Waals surface area contributed by atoms with Crippen LogP contribution in [0, 0.1) is 0 Å². The molecule has 75 heavy (non-hydrogen) atoms. The molecule has 0 amide bonds. The van der Waals surface area contributed by atoms with Crippen LogP contribution in [0.3, 0.4) is 0 Å². The molecule has 0 aliphatic heterocycles. The molecule has 0 bridgehead atoms. The van der Waals surface area contributed by atoms with Crippen LogP contribution in [0.2, 0.25) is 0 Å². The number of esters is 3. The highest BCUT2D eigenvalue weighted by atomic mass is 16.6. The van der Waals surface area contributed by atoms with E-state index in [0.29, 0.717) is 19.3 Å². The van der Waals surface area contributed by atoms with Gasteiger partial charge in [-0.3, -0.25) is 14.4 Å². The summed E-state index contributed by atoms with van der Waals surface area (Å²) in [5, 5.41) is 0. The summed E-state index contributed by atoms with van der Waals surface area (Å²) >= 11 is 0. The van der Waals surface area contributed by atoms with Gasteiger partial charge in [-0.25, -0.2) is 0 Å². The van der Waals surface area contributed by atoms with Gasteiger partial charge in [-0.2, -0.15) is 0 Å². The van der Waals surface area contributed by atoms with Crippen LogP contribution in [-0.2, 0) is 28.6 Å². The van der Waals surface area contributed by atoms with Crippen molar-refractivity contribution in [3.63, 3.8) is 0 Å². The summed E-state index contributed by atoms with van der Waals surface area (Å²) in [7, 11) is 0. The smallest absolute Gasteiger partial charge is 0.306 e. The van der Waals surface area contributed by atoms with Crippen molar-refractivity contribution in [2.45, 2.75) is 309 Å². The van der Waals surface area contributed by atoms with E-state index in [2.05, 4.69) is 118 Å². The lowest BCUT2D eigenvalue weighted by Crippen LogP contribution is -2.30. The van der Waals surface area contributed by atoms with E-state index in [0.717, 1.165) is 116 Å². The van der Waals surface area contributed by atoms with Gasteiger partial charge in [-0.05, 0) is 103 Å². The van der Waals surface area contributed by atoms with E-state index in [1.54, 1.807) is 0 Å². The largest absolute Gasteiger partial charge is 0.462 e. The lowest BCUT2D eigenvalue weighted by atomic mass is 10.0. The summed E-state index contributed by atoms with van der Waals surface area (Å²) in [4.78, 5) is 38.1. The Morgan fingerprint density at radius 3 is 0.813 bits per heavy atom. The molecule has 1 atom stereocenters. The van der Waals surface area contributed by atoms with Crippen LogP contribution in [0.1, 0.15) is 303 Å². The molecular formula is C69H118O6. The molecule has 0 rings (SSSR count).